The number of ketones is 2. The van der Waals surface area contributed by atoms with Gasteiger partial charge < -0.3 is 10.2 Å². The normalized spacial score (nSPS) is 17.7. The molecule has 3 rings (SSSR count). The van der Waals surface area contributed by atoms with E-state index < -0.39 is 5.92 Å². The molecule has 8 nitrogen and oxygen atoms in total. The Balaban J connectivity index is 1.67. The highest BCUT2D eigenvalue weighted by molar-refractivity contribution is 7.11. The van der Waals surface area contributed by atoms with Crippen LogP contribution in [0.4, 0.5) is 0 Å². The Morgan fingerprint density at radius 3 is 2.29 bits per heavy atom. The molecule has 1 aromatic heterocycles. The molecule has 4 atom stereocenters. The lowest BCUT2D eigenvalue weighted by Crippen LogP contribution is -2.48. The van der Waals surface area contributed by atoms with E-state index in [1.165, 1.54) is 11.3 Å². The lowest BCUT2D eigenvalue weighted by atomic mass is 9.85. The van der Waals surface area contributed by atoms with Crippen molar-refractivity contribution >= 4 is 34.7 Å². The first-order valence-electron chi connectivity index (χ1n) is 16.6. The molecule has 0 bridgehead atoms. The molecule has 1 N–H and O–H groups in total. The number of benzene rings is 1. The molecule has 45 heavy (non-hydrogen) atoms. The van der Waals surface area contributed by atoms with Crippen molar-refractivity contribution in [2.24, 2.45) is 23.7 Å². The molecule has 0 spiro atoms. The lowest BCUT2D eigenvalue weighted by molar-refractivity contribution is -0.142. The minimum atomic E-state index is -0.445. The van der Waals surface area contributed by atoms with Crippen LogP contribution < -0.4 is 5.32 Å². The Kier molecular flexibility index (Phi) is 13.9. The first-order valence-corrected chi connectivity index (χ1v) is 17.5. The van der Waals surface area contributed by atoms with Gasteiger partial charge in [-0.1, -0.05) is 78.3 Å². The Hall–Kier alpha value is -2.91. The van der Waals surface area contributed by atoms with Crippen molar-refractivity contribution < 1.29 is 19.2 Å². The number of rotatable bonds is 16. The fourth-order valence-electron chi connectivity index (χ4n) is 6.39. The molecule has 0 aliphatic carbocycles. The molecule has 1 fully saturated rings. The average molecular weight is 639 g/mol. The summed E-state index contributed by atoms with van der Waals surface area (Å²) in [5.74, 6) is -0.495. The van der Waals surface area contributed by atoms with Gasteiger partial charge in [0.05, 0.1) is 6.04 Å². The maximum atomic E-state index is 13.8. The van der Waals surface area contributed by atoms with Gasteiger partial charge in [-0.15, -0.1) is 11.3 Å². The van der Waals surface area contributed by atoms with Crippen molar-refractivity contribution in [3.63, 3.8) is 0 Å². The third-order valence-electron chi connectivity index (χ3n) is 9.09. The third kappa shape index (κ3) is 10.6. The number of amides is 2. The number of nitrogens with zero attached hydrogens (tertiary/aromatic N) is 3. The number of carbonyl (C=O) groups is 4. The minimum Gasteiger partial charge on any atom is -0.348 e. The van der Waals surface area contributed by atoms with Crippen LogP contribution in [0.15, 0.2) is 35.7 Å². The zero-order valence-electron chi connectivity index (χ0n) is 28.5. The van der Waals surface area contributed by atoms with Crippen LogP contribution >= 0.6 is 11.3 Å². The topological polar surface area (TPSA) is 99.7 Å². The van der Waals surface area contributed by atoms with Crippen LogP contribution in [0.5, 0.6) is 0 Å². The van der Waals surface area contributed by atoms with Gasteiger partial charge in [-0.25, -0.2) is 4.98 Å². The number of carbonyl (C=O) groups excluding carboxylic acids is 4. The summed E-state index contributed by atoms with van der Waals surface area (Å²) in [6, 6.07) is 9.55. The number of hydrogen-bond acceptors (Lipinski definition) is 7. The standard InChI is InChI=1S/C36H54N4O4S/c1-23(2)18-27(19-26-14-10-9-11-15-26)37-34(43)29-22-45-35(38-29)33(42)21-31(25(5)6)40(8)36(44)28(24(3)4)20-32(41)30-16-12-13-17-39(30)7/h9-11,14-15,22-25,27-28,30-31H,12-13,16-21H2,1-8H3,(H,37,43)/t27-,28+,30-,31-/m1/s1. The van der Waals surface area contributed by atoms with Crippen LogP contribution in [0, 0.1) is 23.7 Å². The van der Waals surface area contributed by atoms with E-state index in [1.54, 1.807) is 17.3 Å². The number of Topliss-reactive ketones (excluding diaryl/α,β-unsaturated/α-hetero) is 2. The van der Waals surface area contributed by atoms with E-state index in [9.17, 15) is 19.2 Å². The van der Waals surface area contributed by atoms with E-state index in [1.807, 2.05) is 52.9 Å². The number of thiazole rings is 1. The Morgan fingerprint density at radius 2 is 1.69 bits per heavy atom. The number of likely N-dealkylation sites (N-methyl/N-ethyl adjacent to an activating group) is 1. The molecule has 9 heteroatoms. The Morgan fingerprint density at radius 1 is 1.00 bits per heavy atom. The summed E-state index contributed by atoms with van der Waals surface area (Å²) in [7, 11) is 3.73. The number of hydrogen-bond donors (Lipinski definition) is 1. The molecule has 2 aromatic rings. The van der Waals surface area contributed by atoms with Crippen molar-refractivity contribution in [3.8, 4) is 0 Å². The van der Waals surface area contributed by atoms with Crippen molar-refractivity contribution in [1.29, 1.82) is 0 Å². The summed E-state index contributed by atoms with van der Waals surface area (Å²) in [4.78, 5) is 62.0. The highest BCUT2D eigenvalue weighted by atomic mass is 32.1. The first kappa shape index (κ1) is 36.6. The second-order valence-electron chi connectivity index (χ2n) is 13.9. The number of likely N-dealkylation sites (tertiary alicyclic amines) is 1. The number of nitrogens with one attached hydrogen (secondary N) is 1. The molecule has 0 radical (unpaired) electrons. The van der Waals surface area contributed by atoms with Crippen LogP contribution in [0.3, 0.4) is 0 Å². The van der Waals surface area contributed by atoms with E-state index >= 15 is 0 Å². The summed E-state index contributed by atoms with van der Waals surface area (Å²) >= 11 is 1.17. The third-order valence-corrected chi connectivity index (χ3v) is 9.97. The second-order valence-corrected chi connectivity index (χ2v) is 14.8. The van der Waals surface area contributed by atoms with Gasteiger partial charge >= 0.3 is 0 Å². The van der Waals surface area contributed by atoms with Crippen LogP contribution in [0.25, 0.3) is 0 Å². The monoisotopic (exact) mass is 638 g/mol. The van der Waals surface area contributed by atoms with E-state index in [0.29, 0.717) is 5.92 Å². The molecule has 2 amide bonds. The van der Waals surface area contributed by atoms with Gasteiger partial charge in [0.2, 0.25) is 5.91 Å². The highest BCUT2D eigenvalue weighted by Crippen LogP contribution is 2.27. The SMILES string of the molecule is CC(C)C[C@H](Cc1ccccc1)NC(=O)c1csc(C(=O)C[C@H](C(C)C)N(C)C(=O)[C@@H](CC(=O)[C@H]2CCCCN2C)C(C)C)n1. The van der Waals surface area contributed by atoms with Crippen LogP contribution in [-0.4, -0.2) is 76.9 Å². The van der Waals surface area contributed by atoms with E-state index in [4.69, 9.17) is 0 Å². The summed E-state index contributed by atoms with van der Waals surface area (Å²) in [6.07, 6.45) is 4.82. The highest BCUT2D eigenvalue weighted by Gasteiger charge is 2.36. The molecular formula is C36H54N4O4S. The van der Waals surface area contributed by atoms with Crippen molar-refractivity contribution in [2.75, 3.05) is 20.6 Å². The molecular weight excluding hydrogens is 584 g/mol. The van der Waals surface area contributed by atoms with Gasteiger partial charge in [-0.3, -0.25) is 24.1 Å². The summed E-state index contributed by atoms with van der Waals surface area (Å²) in [6.45, 7) is 13.1. The van der Waals surface area contributed by atoms with Gasteiger partial charge in [0, 0.05) is 43.3 Å². The van der Waals surface area contributed by atoms with Crippen molar-refractivity contribution in [3.05, 3.63) is 52.0 Å². The minimum absolute atomic E-state index is 0.00778. The molecule has 1 aromatic carbocycles. The molecule has 248 valence electrons. The molecule has 2 heterocycles. The quantitative estimate of drug-likeness (QED) is 0.217. The van der Waals surface area contributed by atoms with Gasteiger partial charge in [0.25, 0.3) is 5.91 Å². The van der Waals surface area contributed by atoms with E-state index in [-0.39, 0.29) is 76.9 Å². The summed E-state index contributed by atoms with van der Waals surface area (Å²) in [5.41, 5.74) is 1.39. The Labute approximate surface area is 274 Å². The van der Waals surface area contributed by atoms with Gasteiger partial charge in [0.15, 0.2) is 16.6 Å². The number of piperidine rings is 1. The van der Waals surface area contributed by atoms with Crippen molar-refractivity contribution in [2.45, 2.75) is 105 Å². The van der Waals surface area contributed by atoms with Gasteiger partial charge in [0.1, 0.15) is 5.69 Å². The smallest absolute Gasteiger partial charge is 0.271 e. The first-order chi connectivity index (χ1) is 21.3. The predicted octanol–water partition coefficient (Wildman–Crippen LogP) is 6.30. The van der Waals surface area contributed by atoms with E-state index in [0.717, 1.165) is 44.2 Å². The zero-order chi connectivity index (χ0) is 33.3. The number of aromatic nitrogens is 1. The van der Waals surface area contributed by atoms with Gasteiger partial charge in [-0.05, 0) is 62.6 Å². The molecule has 1 aliphatic heterocycles. The van der Waals surface area contributed by atoms with Crippen LogP contribution in [-0.2, 0) is 16.0 Å². The zero-order valence-corrected chi connectivity index (χ0v) is 29.4. The maximum absolute atomic E-state index is 13.8. The lowest BCUT2D eigenvalue weighted by Gasteiger charge is -2.36. The molecule has 1 saturated heterocycles. The molecule has 1 aliphatic rings. The molecule has 0 saturated carbocycles. The van der Waals surface area contributed by atoms with Crippen molar-refractivity contribution in [1.82, 2.24) is 20.1 Å². The fourth-order valence-corrected chi connectivity index (χ4v) is 7.14. The predicted molar refractivity (Wildman–Crippen MR) is 182 cm³/mol. The largest absolute Gasteiger partial charge is 0.348 e. The summed E-state index contributed by atoms with van der Waals surface area (Å²) < 4.78 is 0. The van der Waals surface area contributed by atoms with Crippen LogP contribution in [0.2, 0.25) is 0 Å². The van der Waals surface area contributed by atoms with E-state index in [2.05, 4.69) is 41.2 Å². The van der Waals surface area contributed by atoms with Crippen LogP contribution in [0.1, 0.15) is 106 Å². The maximum Gasteiger partial charge on any atom is 0.271 e. The van der Waals surface area contributed by atoms with Gasteiger partial charge in [-0.2, -0.15) is 0 Å². The average Bonchev–Trinajstić information content (AvgIpc) is 3.49. The Bertz CT molecular complexity index is 1270. The summed E-state index contributed by atoms with van der Waals surface area (Å²) in [5, 5.41) is 5.04. The fraction of sp³-hybridized carbons (Fsp3) is 0.639. The molecule has 0 unspecified atom stereocenters. The second kappa shape index (κ2) is 17.1.